The number of thiophene rings is 1. The number of hydrogen-bond acceptors (Lipinski definition) is 2. The summed E-state index contributed by atoms with van der Waals surface area (Å²) in [5, 5.41) is 10.1. The maximum Gasteiger partial charge on any atom is 0.130 e. The quantitative estimate of drug-likeness (QED) is 0.820. The fraction of sp³-hybridized carbons (Fsp3) is 0.167. The summed E-state index contributed by atoms with van der Waals surface area (Å²) >= 11 is 8.16. The normalized spacial score (nSPS) is 12.7. The van der Waals surface area contributed by atoms with E-state index >= 15 is 0 Å². The van der Waals surface area contributed by atoms with Crippen LogP contribution in [-0.4, -0.2) is 5.11 Å². The Morgan fingerprint density at radius 1 is 1.24 bits per heavy atom. The maximum absolute atomic E-state index is 13.6. The van der Waals surface area contributed by atoms with Crippen LogP contribution < -0.4 is 0 Å². The summed E-state index contributed by atoms with van der Waals surface area (Å²) in [6.07, 6.45) is -0.424. The van der Waals surface area contributed by atoms with Crippen LogP contribution in [0.15, 0.2) is 38.6 Å². The van der Waals surface area contributed by atoms with Crippen LogP contribution in [0.3, 0.4) is 0 Å². The van der Waals surface area contributed by atoms with Crippen LogP contribution in [0.5, 0.6) is 0 Å². The third-order valence-electron chi connectivity index (χ3n) is 2.36. The van der Waals surface area contributed by atoms with Gasteiger partial charge in [0.15, 0.2) is 0 Å². The van der Waals surface area contributed by atoms with E-state index in [2.05, 4.69) is 31.9 Å². The first-order valence-corrected chi connectivity index (χ1v) is 7.34. The fourth-order valence-corrected chi connectivity index (χ4v) is 3.71. The molecule has 1 aromatic heterocycles. The first-order chi connectivity index (χ1) is 8.08. The van der Waals surface area contributed by atoms with Crippen molar-refractivity contribution in [2.24, 2.45) is 0 Å². The SMILES string of the molecule is OC(Cc1ccc(Br)s1)c1c(F)cccc1Br. The van der Waals surface area contributed by atoms with E-state index in [0.29, 0.717) is 16.5 Å². The van der Waals surface area contributed by atoms with Gasteiger partial charge in [-0.1, -0.05) is 22.0 Å². The van der Waals surface area contributed by atoms with Gasteiger partial charge < -0.3 is 5.11 Å². The molecule has 90 valence electrons. The predicted octanol–water partition coefficient (Wildman–Crippen LogP) is 4.69. The summed E-state index contributed by atoms with van der Waals surface area (Å²) in [5.74, 6) is -0.387. The smallest absolute Gasteiger partial charge is 0.130 e. The monoisotopic (exact) mass is 378 g/mol. The molecule has 0 fully saturated rings. The van der Waals surface area contributed by atoms with Gasteiger partial charge in [-0.2, -0.15) is 0 Å². The summed E-state index contributed by atoms with van der Waals surface area (Å²) in [6, 6.07) is 8.53. The van der Waals surface area contributed by atoms with Gasteiger partial charge in [0.1, 0.15) is 5.82 Å². The minimum Gasteiger partial charge on any atom is -0.388 e. The van der Waals surface area contributed by atoms with Crippen molar-refractivity contribution in [3.8, 4) is 0 Å². The standard InChI is InChI=1S/C12H9Br2FOS/c13-8-2-1-3-9(15)12(8)10(16)6-7-4-5-11(14)17-7/h1-5,10,16H,6H2. The molecule has 0 amide bonds. The van der Waals surface area contributed by atoms with Crippen LogP contribution in [-0.2, 0) is 6.42 Å². The Hall–Kier alpha value is -0.230. The molecule has 0 aliphatic heterocycles. The van der Waals surface area contributed by atoms with E-state index in [9.17, 15) is 9.50 Å². The van der Waals surface area contributed by atoms with Gasteiger partial charge in [0, 0.05) is 21.3 Å². The lowest BCUT2D eigenvalue weighted by atomic mass is 10.1. The molecule has 1 nitrogen and oxygen atoms in total. The molecule has 1 unspecified atom stereocenters. The van der Waals surface area contributed by atoms with E-state index in [1.54, 1.807) is 23.5 Å². The van der Waals surface area contributed by atoms with Crippen molar-refractivity contribution in [1.29, 1.82) is 0 Å². The molecule has 1 atom stereocenters. The molecular formula is C12H9Br2FOS. The van der Waals surface area contributed by atoms with Gasteiger partial charge in [0.2, 0.25) is 0 Å². The molecule has 0 aliphatic carbocycles. The Labute approximate surface area is 120 Å². The Kier molecular flexibility index (Phi) is 4.36. The van der Waals surface area contributed by atoms with Crippen molar-refractivity contribution in [2.75, 3.05) is 0 Å². The van der Waals surface area contributed by atoms with Gasteiger partial charge in [0.25, 0.3) is 0 Å². The van der Waals surface area contributed by atoms with E-state index in [1.807, 2.05) is 12.1 Å². The van der Waals surface area contributed by atoms with Crippen molar-refractivity contribution < 1.29 is 9.50 Å². The van der Waals surface area contributed by atoms with Crippen molar-refractivity contribution in [3.05, 3.63) is 54.8 Å². The van der Waals surface area contributed by atoms with E-state index < -0.39 is 6.10 Å². The summed E-state index contributed by atoms with van der Waals surface area (Å²) in [6.45, 7) is 0. The summed E-state index contributed by atoms with van der Waals surface area (Å²) in [5.41, 5.74) is 0.317. The highest BCUT2D eigenvalue weighted by Gasteiger charge is 2.17. The highest BCUT2D eigenvalue weighted by molar-refractivity contribution is 9.11. The van der Waals surface area contributed by atoms with E-state index in [-0.39, 0.29) is 5.82 Å². The van der Waals surface area contributed by atoms with Crippen molar-refractivity contribution in [2.45, 2.75) is 12.5 Å². The van der Waals surface area contributed by atoms with E-state index in [4.69, 9.17) is 0 Å². The topological polar surface area (TPSA) is 20.2 Å². The van der Waals surface area contributed by atoms with E-state index in [1.165, 1.54) is 6.07 Å². The minimum absolute atomic E-state index is 0.317. The summed E-state index contributed by atoms with van der Waals surface area (Å²) < 4.78 is 15.2. The van der Waals surface area contributed by atoms with Crippen LogP contribution in [0, 0.1) is 5.82 Å². The third kappa shape index (κ3) is 3.16. The third-order valence-corrected chi connectivity index (χ3v) is 4.69. The van der Waals surface area contributed by atoms with Crippen LogP contribution in [0.1, 0.15) is 16.5 Å². The molecule has 2 aromatic rings. The van der Waals surface area contributed by atoms with Gasteiger partial charge in [-0.25, -0.2) is 4.39 Å². The van der Waals surface area contributed by atoms with Crippen molar-refractivity contribution >= 4 is 43.2 Å². The molecule has 1 heterocycles. The number of aliphatic hydroxyl groups is 1. The summed E-state index contributed by atoms with van der Waals surface area (Å²) in [4.78, 5) is 1.01. The highest BCUT2D eigenvalue weighted by Crippen LogP contribution is 2.31. The number of benzene rings is 1. The largest absolute Gasteiger partial charge is 0.388 e. The second-order valence-corrected chi connectivity index (χ2v) is 6.96. The number of hydrogen-bond donors (Lipinski definition) is 1. The van der Waals surface area contributed by atoms with E-state index in [0.717, 1.165) is 8.66 Å². The second-order valence-electron chi connectivity index (χ2n) is 3.56. The Morgan fingerprint density at radius 2 is 2.00 bits per heavy atom. The van der Waals surface area contributed by atoms with Crippen LogP contribution in [0.4, 0.5) is 4.39 Å². The Bertz CT molecular complexity index is 507. The molecule has 0 saturated carbocycles. The molecule has 0 spiro atoms. The average molecular weight is 380 g/mol. The molecule has 2 rings (SSSR count). The lowest BCUT2D eigenvalue weighted by Crippen LogP contribution is -2.04. The predicted molar refractivity (Wildman–Crippen MR) is 74.8 cm³/mol. The molecule has 1 aromatic carbocycles. The lowest BCUT2D eigenvalue weighted by molar-refractivity contribution is 0.173. The number of halogens is 3. The molecule has 0 radical (unpaired) electrons. The second kappa shape index (κ2) is 5.61. The zero-order valence-corrected chi connectivity index (χ0v) is 12.6. The van der Waals surface area contributed by atoms with Gasteiger partial charge in [0.05, 0.1) is 9.89 Å². The average Bonchev–Trinajstić information content (AvgIpc) is 2.63. The van der Waals surface area contributed by atoms with Gasteiger partial charge >= 0.3 is 0 Å². The fourth-order valence-electron chi connectivity index (χ4n) is 1.58. The van der Waals surface area contributed by atoms with Crippen LogP contribution >= 0.6 is 43.2 Å². The Balaban J connectivity index is 2.22. The zero-order valence-electron chi connectivity index (χ0n) is 8.66. The number of rotatable bonds is 3. The molecular weight excluding hydrogens is 371 g/mol. The van der Waals surface area contributed by atoms with Crippen molar-refractivity contribution in [1.82, 2.24) is 0 Å². The van der Waals surface area contributed by atoms with Crippen molar-refractivity contribution in [3.63, 3.8) is 0 Å². The van der Waals surface area contributed by atoms with Gasteiger partial charge in [-0.15, -0.1) is 11.3 Å². The van der Waals surface area contributed by atoms with Crippen LogP contribution in [0.25, 0.3) is 0 Å². The van der Waals surface area contributed by atoms with Gasteiger partial charge in [-0.3, -0.25) is 0 Å². The lowest BCUT2D eigenvalue weighted by Gasteiger charge is -2.12. The molecule has 1 N–H and O–H groups in total. The number of aliphatic hydroxyl groups excluding tert-OH is 1. The Morgan fingerprint density at radius 3 is 2.59 bits per heavy atom. The first-order valence-electron chi connectivity index (χ1n) is 4.94. The highest BCUT2D eigenvalue weighted by atomic mass is 79.9. The van der Waals surface area contributed by atoms with Crippen LogP contribution in [0.2, 0.25) is 0 Å². The molecule has 0 saturated heterocycles. The molecule has 0 bridgehead atoms. The molecule has 0 aliphatic rings. The first kappa shape index (κ1) is 13.2. The minimum atomic E-state index is -0.837. The maximum atomic E-state index is 13.6. The summed E-state index contributed by atoms with van der Waals surface area (Å²) in [7, 11) is 0. The zero-order chi connectivity index (χ0) is 12.4. The van der Waals surface area contributed by atoms with Gasteiger partial charge in [-0.05, 0) is 40.2 Å². The molecule has 5 heteroatoms. The molecule has 17 heavy (non-hydrogen) atoms.